The molecule has 1 aromatic heterocycles. The first-order chi connectivity index (χ1) is 8.04. The Bertz CT molecular complexity index is 542. The molecule has 4 nitrogen and oxygen atoms in total. The maximum Gasteiger partial charge on any atom is 0.256 e. The Balaban J connectivity index is 2.19. The second kappa shape index (κ2) is 4.71. The molecule has 1 amide bonds. The fourth-order valence-corrected chi connectivity index (χ4v) is 2.15. The number of amides is 1. The number of hydrogen-bond donors (Lipinski definition) is 2. The largest absolute Gasteiger partial charge is 0.305 e. The van der Waals surface area contributed by atoms with E-state index < -0.39 is 0 Å². The van der Waals surface area contributed by atoms with Gasteiger partial charge in [0.05, 0.1) is 0 Å². The number of anilines is 1. The highest BCUT2D eigenvalue weighted by Crippen LogP contribution is 2.16. The summed E-state index contributed by atoms with van der Waals surface area (Å²) >= 11 is 3.37. The summed E-state index contributed by atoms with van der Waals surface area (Å²) in [7, 11) is 0. The molecule has 2 rings (SSSR count). The molecule has 2 N–H and O–H groups in total. The van der Waals surface area contributed by atoms with Gasteiger partial charge in [0.1, 0.15) is 0 Å². The van der Waals surface area contributed by atoms with E-state index in [4.69, 9.17) is 0 Å². The summed E-state index contributed by atoms with van der Waals surface area (Å²) in [6.07, 6.45) is 0. The quantitative estimate of drug-likeness (QED) is 0.894. The highest BCUT2D eigenvalue weighted by molar-refractivity contribution is 9.10. The lowest BCUT2D eigenvalue weighted by Crippen LogP contribution is -2.12. The van der Waals surface area contributed by atoms with Crippen LogP contribution in [0.15, 0.2) is 28.7 Å². The van der Waals surface area contributed by atoms with Crippen LogP contribution in [0.25, 0.3) is 0 Å². The van der Waals surface area contributed by atoms with Gasteiger partial charge in [0.25, 0.3) is 5.91 Å². The van der Waals surface area contributed by atoms with Crippen LogP contribution in [0.4, 0.5) is 5.82 Å². The first-order valence-electron chi connectivity index (χ1n) is 5.15. The number of nitrogens with one attached hydrogen (secondary N) is 2. The van der Waals surface area contributed by atoms with Crippen LogP contribution in [0.5, 0.6) is 0 Å². The first-order valence-corrected chi connectivity index (χ1v) is 5.94. The second-order valence-electron chi connectivity index (χ2n) is 3.91. The van der Waals surface area contributed by atoms with Crippen molar-refractivity contribution in [1.29, 1.82) is 0 Å². The smallest absolute Gasteiger partial charge is 0.256 e. The molecule has 0 aliphatic carbocycles. The van der Waals surface area contributed by atoms with Gasteiger partial charge in [-0.15, -0.1) is 0 Å². The fourth-order valence-electron chi connectivity index (χ4n) is 1.54. The van der Waals surface area contributed by atoms with Crippen LogP contribution >= 0.6 is 15.9 Å². The van der Waals surface area contributed by atoms with E-state index >= 15 is 0 Å². The van der Waals surface area contributed by atoms with Crippen LogP contribution in [-0.2, 0) is 0 Å². The molecule has 0 saturated carbocycles. The van der Waals surface area contributed by atoms with Crippen molar-refractivity contribution in [3.63, 3.8) is 0 Å². The third-order valence-corrected chi connectivity index (χ3v) is 2.71. The van der Waals surface area contributed by atoms with Gasteiger partial charge in [-0.1, -0.05) is 15.9 Å². The van der Waals surface area contributed by atoms with Gasteiger partial charge in [-0.3, -0.25) is 9.89 Å². The molecule has 17 heavy (non-hydrogen) atoms. The third-order valence-electron chi connectivity index (χ3n) is 2.25. The number of hydrogen-bond acceptors (Lipinski definition) is 2. The fraction of sp³-hybridized carbons (Fsp3) is 0.167. The number of nitrogens with zero attached hydrogens (tertiary/aromatic N) is 1. The summed E-state index contributed by atoms with van der Waals surface area (Å²) in [5, 5.41) is 9.46. The van der Waals surface area contributed by atoms with Crippen molar-refractivity contribution >= 4 is 27.7 Å². The average molecular weight is 294 g/mol. The second-order valence-corrected chi connectivity index (χ2v) is 4.82. The highest BCUT2D eigenvalue weighted by Gasteiger charge is 2.08. The average Bonchev–Trinajstić information content (AvgIpc) is 2.62. The van der Waals surface area contributed by atoms with E-state index in [1.807, 2.05) is 26.0 Å². The highest BCUT2D eigenvalue weighted by atomic mass is 79.9. The molecule has 1 aromatic carbocycles. The molecule has 0 aliphatic heterocycles. The summed E-state index contributed by atoms with van der Waals surface area (Å²) in [5.41, 5.74) is 2.55. The molecule has 0 spiro atoms. The summed E-state index contributed by atoms with van der Waals surface area (Å²) in [5.74, 6) is 0.367. The topological polar surface area (TPSA) is 57.8 Å². The van der Waals surface area contributed by atoms with Crippen molar-refractivity contribution < 1.29 is 4.79 Å². The Labute approximate surface area is 108 Å². The van der Waals surface area contributed by atoms with Crippen LogP contribution in [0.3, 0.4) is 0 Å². The lowest BCUT2D eigenvalue weighted by molar-refractivity contribution is 0.102. The minimum absolute atomic E-state index is 0.166. The molecular formula is C12H12BrN3O. The van der Waals surface area contributed by atoms with E-state index in [0.717, 1.165) is 15.7 Å². The Hall–Kier alpha value is -1.62. The van der Waals surface area contributed by atoms with Crippen molar-refractivity contribution in [2.75, 3.05) is 5.32 Å². The molecule has 0 atom stereocenters. The molecule has 5 heteroatoms. The molecule has 0 fully saturated rings. The summed E-state index contributed by atoms with van der Waals surface area (Å²) in [6, 6.07) is 7.35. The van der Waals surface area contributed by atoms with Gasteiger partial charge in [0.15, 0.2) is 5.82 Å². The zero-order valence-electron chi connectivity index (χ0n) is 9.54. The number of rotatable bonds is 2. The summed E-state index contributed by atoms with van der Waals surface area (Å²) < 4.78 is 0.890. The summed E-state index contributed by atoms with van der Waals surface area (Å²) in [6.45, 7) is 3.83. The van der Waals surface area contributed by atoms with Crippen LogP contribution in [-0.4, -0.2) is 16.1 Å². The van der Waals surface area contributed by atoms with E-state index in [1.165, 1.54) is 0 Å². The number of aromatic nitrogens is 2. The predicted molar refractivity (Wildman–Crippen MR) is 70.2 cm³/mol. The van der Waals surface area contributed by atoms with Gasteiger partial charge in [0, 0.05) is 21.8 Å². The summed E-state index contributed by atoms with van der Waals surface area (Å²) in [4.78, 5) is 11.9. The van der Waals surface area contributed by atoms with E-state index in [0.29, 0.717) is 11.4 Å². The van der Waals surface area contributed by atoms with Gasteiger partial charge in [0.2, 0.25) is 0 Å². The number of carbonyl (C=O) groups is 1. The minimum Gasteiger partial charge on any atom is -0.305 e. The zero-order valence-corrected chi connectivity index (χ0v) is 11.1. The molecule has 1 heterocycles. The molecule has 0 bridgehead atoms. The molecule has 0 aliphatic rings. The molecule has 2 aromatic rings. The van der Waals surface area contributed by atoms with Gasteiger partial charge < -0.3 is 5.32 Å². The Morgan fingerprint density at radius 1 is 1.29 bits per heavy atom. The van der Waals surface area contributed by atoms with Crippen LogP contribution < -0.4 is 5.32 Å². The van der Waals surface area contributed by atoms with Crippen LogP contribution in [0, 0.1) is 13.8 Å². The predicted octanol–water partition coefficient (Wildman–Crippen LogP) is 3.04. The number of halogens is 1. The zero-order chi connectivity index (χ0) is 12.4. The number of carbonyl (C=O) groups excluding carboxylic acids is 1. The van der Waals surface area contributed by atoms with Crippen LogP contribution in [0.2, 0.25) is 0 Å². The molecule has 0 radical (unpaired) electrons. The number of aryl methyl sites for hydroxylation is 2. The first kappa shape index (κ1) is 11.9. The monoisotopic (exact) mass is 293 g/mol. The molecule has 88 valence electrons. The van der Waals surface area contributed by atoms with E-state index in [-0.39, 0.29) is 5.91 Å². The number of benzene rings is 1. The van der Waals surface area contributed by atoms with Gasteiger partial charge in [-0.25, -0.2) is 0 Å². The lowest BCUT2D eigenvalue weighted by Gasteiger charge is -2.03. The van der Waals surface area contributed by atoms with Crippen molar-refractivity contribution in [3.8, 4) is 0 Å². The number of H-pyrrole nitrogens is 1. The molecule has 0 unspecified atom stereocenters. The SMILES string of the molecule is Cc1cc(Br)cc(C(=O)Nc2cc(C)[nH]n2)c1. The Morgan fingerprint density at radius 2 is 2.06 bits per heavy atom. The minimum atomic E-state index is -0.166. The molecule has 0 saturated heterocycles. The third kappa shape index (κ3) is 2.94. The van der Waals surface area contributed by atoms with Crippen molar-refractivity contribution in [3.05, 3.63) is 45.6 Å². The Morgan fingerprint density at radius 3 is 2.65 bits per heavy atom. The van der Waals surface area contributed by atoms with Gasteiger partial charge >= 0.3 is 0 Å². The van der Waals surface area contributed by atoms with Crippen molar-refractivity contribution in [1.82, 2.24) is 10.2 Å². The Kier molecular flexibility index (Phi) is 3.28. The molecular weight excluding hydrogens is 282 g/mol. The standard InChI is InChI=1S/C12H12BrN3O/c1-7-3-9(6-10(13)4-7)12(17)14-11-5-8(2)15-16-11/h3-6H,1-2H3,(H2,14,15,16,17). The van der Waals surface area contributed by atoms with Gasteiger partial charge in [-0.05, 0) is 37.6 Å². The van der Waals surface area contributed by atoms with Crippen LogP contribution in [0.1, 0.15) is 21.6 Å². The maximum atomic E-state index is 11.9. The van der Waals surface area contributed by atoms with E-state index in [1.54, 1.807) is 12.1 Å². The van der Waals surface area contributed by atoms with E-state index in [2.05, 4.69) is 31.4 Å². The number of aromatic amines is 1. The van der Waals surface area contributed by atoms with E-state index in [9.17, 15) is 4.79 Å². The van der Waals surface area contributed by atoms with Gasteiger partial charge in [-0.2, -0.15) is 5.10 Å². The lowest BCUT2D eigenvalue weighted by atomic mass is 10.1. The van der Waals surface area contributed by atoms with Crippen molar-refractivity contribution in [2.24, 2.45) is 0 Å². The maximum absolute atomic E-state index is 11.9. The van der Waals surface area contributed by atoms with Crippen molar-refractivity contribution in [2.45, 2.75) is 13.8 Å². The normalized spacial score (nSPS) is 10.3.